The van der Waals surface area contributed by atoms with Crippen molar-refractivity contribution in [2.24, 2.45) is 0 Å². The second-order valence-corrected chi connectivity index (χ2v) is 4.97. The van der Waals surface area contributed by atoms with Crippen LogP contribution in [0.1, 0.15) is 5.56 Å². The van der Waals surface area contributed by atoms with Gasteiger partial charge in [-0.1, -0.05) is 6.07 Å². The number of carbonyl (C=O) groups excluding carboxylic acids is 1. The lowest BCUT2D eigenvalue weighted by molar-refractivity contribution is -0.112. The fourth-order valence-corrected chi connectivity index (χ4v) is 2.23. The van der Waals surface area contributed by atoms with E-state index in [2.05, 4.69) is 10.3 Å². The predicted octanol–water partition coefficient (Wildman–Crippen LogP) is 2.71. The van der Waals surface area contributed by atoms with Crippen LogP contribution in [-0.4, -0.2) is 25.1 Å². The first kappa shape index (κ1) is 15.5. The molecule has 2 rings (SSSR count). The normalized spacial score (nSPS) is 10.7. The molecule has 22 heavy (non-hydrogen) atoms. The number of hydrogen-bond acceptors (Lipinski definition) is 6. The lowest BCUT2D eigenvalue weighted by Gasteiger charge is -2.08. The standard InChI is InChI=1S/C15H13N3O3S/c1-20-12-4-3-10(8-13(12)21-2)7-11(9-16)14(19)18-15-17-5-6-22-15/h3-8H,1-2H3,(H,17,18,19)/b11-7+. The number of carbonyl (C=O) groups is 1. The van der Waals surface area contributed by atoms with Crippen molar-refractivity contribution in [2.75, 3.05) is 19.5 Å². The van der Waals surface area contributed by atoms with E-state index in [1.54, 1.807) is 29.8 Å². The zero-order chi connectivity index (χ0) is 15.9. The van der Waals surface area contributed by atoms with E-state index in [9.17, 15) is 4.79 Å². The number of nitriles is 1. The van der Waals surface area contributed by atoms with Gasteiger partial charge in [0.15, 0.2) is 16.6 Å². The molecule has 0 saturated carbocycles. The smallest absolute Gasteiger partial charge is 0.268 e. The van der Waals surface area contributed by atoms with Crippen LogP contribution in [-0.2, 0) is 4.79 Å². The van der Waals surface area contributed by atoms with Crippen molar-refractivity contribution in [3.8, 4) is 17.6 Å². The number of methoxy groups -OCH3 is 2. The molecule has 1 aromatic carbocycles. The number of rotatable bonds is 5. The Morgan fingerprint density at radius 3 is 2.73 bits per heavy atom. The number of nitrogens with one attached hydrogen (secondary N) is 1. The number of amides is 1. The molecule has 0 saturated heterocycles. The summed E-state index contributed by atoms with van der Waals surface area (Å²) in [5.74, 6) is 0.589. The van der Waals surface area contributed by atoms with Gasteiger partial charge in [0.05, 0.1) is 14.2 Å². The molecule has 0 aliphatic rings. The van der Waals surface area contributed by atoms with Crippen molar-refractivity contribution < 1.29 is 14.3 Å². The second-order valence-electron chi connectivity index (χ2n) is 4.08. The summed E-state index contributed by atoms with van der Waals surface area (Å²) in [6.45, 7) is 0. The van der Waals surface area contributed by atoms with Crippen molar-refractivity contribution in [2.45, 2.75) is 0 Å². The molecule has 6 nitrogen and oxygen atoms in total. The molecular weight excluding hydrogens is 302 g/mol. The molecule has 1 heterocycles. The summed E-state index contributed by atoms with van der Waals surface area (Å²) >= 11 is 1.28. The van der Waals surface area contributed by atoms with Gasteiger partial charge in [0, 0.05) is 11.6 Å². The van der Waals surface area contributed by atoms with Crippen LogP contribution in [0, 0.1) is 11.3 Å². The van der Waals surface area contributed by atoms with E-state index in [1.165, 1.54) is 31.6 Å². The van der Waals surface area contributed by atoms with E-state index in [4.69, 9.17) is 14.7 Å². The number of thiazole rings is 1. The molecule has 7 heteroatoms. The van der Waals surface area contributed by atoms with E-state index in [-0.39, 0.29) is 5.57 Å². The van der Waals surface area contributed by atoms with E-state index in [1.807, 2.05) is 6.07 Å². The molecule has 1 amide bonds. The highest BCUT2D eigenvalue weighted by atomic mass is 32.1. The minimum atomic E-state index is -0.507. The van der Waals surface area contributed by atoms with Crippen LogP contribution in [0.2, 0.25) is 0 Å². The summed E-state index contributed by atoms with van der Waals surface area (Å²) in [7, 11) is 3.06. The fourth-order valence-electron chi connectivity index (χ4n) is 1.71. The highest BCUT2D eigenvalue weighted by molar-refractivity contribution is 7.13. The molecule has 0 fully saturated rings. The Kier molecular flexibility index (Phi) is 5.11. The van der Waals surface area contributed by atoms with Crippen molar-refractivity contribution in [3.63, 3.8) is 0 Å². The molecule has 0 atom stereocenters. The van der Waals surface area contributed by atoms with Crippen LogP contribution in [0.5, 0.6) is 11.5 Å². The number of anilines is 1. The molecule has 0 unspecified atom stereocenters. The van der Waals surface area contributed by atoms with E-state index < -0.39 is 5.91 Å². The zero-order valence-corrected chi connectivity index (χ0v) is 12.8. The second kappa shape index (κ2) is 7.24. The lowest BCUT2D eigenvalue weighted by atomic mass is 10.1. The Morgan fingerprint density at radius 1 is 1.36 bits per heavy atom. The van der Waals surface area contributed by atoms with Crippen molar-refractivity contribution >= 4 is 28.5 Å². The van der Waals surface area contributed by atoms with Crippen LogP contribution in [0.25, 0.3) is 6.08 Å². The third kappa shape index (κ3) is 3.62. The molecule has 0 radical (unpaired) electrons. The molecule has 0 aliphatic carbocycles. The van der Waals surface area contributed by atoms with Gasteiger partial charge < -0.3 is 9.47 Å². The minimum absolute atomic E-state index is 0.0255. The third-order valence-corrected chi connectivity index (χ3v) is 3.42. The maximum absolute atomic E-state index is 12.0. The predicted molar refractivity (Wildman–Crippen MR) is 83.9 cm³/mol. The van der Waals surface area contributed by atoms with Gasteiger partial charge in [0.25, 0.3) is 5.91 Å². The minimum Gasteiger partial charge on any atom is -0.493 e. The fraction of sp³-hybridized carbons (Fsp3) is 0.133. The molecule has 0 spiro atoms. The summed E-state index contributed by atoms with van der Waals surface area (Å²) < 4.78 is 10.3. The summed E-state index contributed by atoms with van der Waals surface area (Å²) in [6.07, 6.45) is 3.05. The van der Waals surface area contributed by atoms with Crippen LogP contribution in [0.3, 0.4) is 0 Å². The molecule has 2 aromatic rings. The van der Waals surface area contributed by atoms with Crippen LogP contribution >= 0.6 is 11.3 Å². The first-order valence-corrected chi connectivity index (χ1v) is 7.10. The number of ether oxygens (including phenoxy) is 2. The molecule has 0 bridgehead atoms. The Labute approximate surface area is 131 Å². The third-order valence-electron chi connectivity index (χ3n) is 2.74. The monoisotopic (exact) mass is 315 g/mol. The van der Waals surface area contributed by atoms with Crippen molar-refractivity contribution in [3.05, 3.63) is 40.9 Å². The van der Waals surface area contributed by atoms with Gasteiger partial charge in [-0.15, -0.1) is 11.3 Å². The van der Waals surface area contributed by atoms with Gasteiger partial charge in [0.2, 0.25) is 0 Å². The first-order chi connectivity index (χ1) is 10.7. The average Bonchev–Trinajstić information content (AvgIpc) is 3.05. The highest BCUT2D eigenvalue weighted by Crippen LogP contribution is 2.28. The quantitative estimate of drug-likeness (QED) is 0.677. The number of aromatic nitrogens is 1. The largest absolute Gasteiger partial charge is 0.493 e. The Morgan fingerprint density at radius 2 is 2.14 bits per heavy atom. The van der Waals surface area contributed by atoms with E-state index in [0.717, 1.165) is 0 Å². The Balaban J connectivity index is 2.25. The average molecular weight is 315 g/mol. The maximum Gasteiger partial charge on any atom is 0.268 e. The van der Waals surface area contributed by atoms with Gasteiger partial charge in [-0.2, -0.15) is 5.26 Å². The molecule has 1 aromatic heterocycles. The summed E-state index contributed by atoms with van der Waals surface area (Å²) in [5, 5.41) is 13.9. The summed E-state index contributed by atoms with van der Waals surface area (Å²) in [5.41, 5.74) is 0.630. The topological polar surface area (TPSA) is 84.2 Å². The highest BCUT2D eigenvalue weighted by Gasteiger charge is 2.11. The summed E-state index contributed by atoms with van der Waals surface area (Å²) in [6, 6.07) is 7.01. The Hall–Kier alpha value is -2.85. The Bertz CT molecular complexity index is 733. The molecule has 112 valence electrons. The zero-order valence-electron chi connectivity index (χ0n) is 12.0. The van der Waals surface area contributed by atoms with Crippen molar-refractivity contribution in [1.29, 1.82) is 5.26 Å². The number of hydrogen-bond donors (Lipinski definition) is 1. The van der Waals surface area contributed by atoms with Crippen LogP contribution in [0.15, 0.2) is 35.3 Å². The van der Waals surface area contributed by atoms with Crippen LogP contribution in [0.4, 0.5) is 5.13 Å². The van der Waals surface area contributed by atoms with E-state index in [0.29, 0.717) is 22.2 Å². The first-order valence-electron chi connectivity index (χ1n) is 6.22. The van der Waals surface area contributed by atoms with Gasteiger partial charge in [-0.05, 0) is 23.8 Å². The van der Waals surface area contributed by atoms with Gasteiger partial charge in [-0.3, -0.25) is 10.1 Å². The number of nitrogens with zero attached hydrogens (tertiary/aromatic N) is 2. The van der Waals surface area contributed by atoms with Gasteiger partial charge >= 0.3 is 0 Å². The molecule has 0 aliphatic heterocycles. The number of benzene rings is 1. The van der Waals surface area contributed by atoms with Crippen LogP contribution < -0.4 is 14.8 Å². The van der Waals surface area contributed by atoms with E-state index >= 15 is 0 Å². The SMILES string of the molecule is COc1ccc(/C=C(\C#N)C(=O)Nc2nccs2)cc1OC. The van der Waals surface area contributed by atoms with Crippen molar-refractivity contribution in [1.82, 2.24) is 4.98 Å². The van der Waals surface area contributed by atoms with Gasteiger partial charge in [-0.25, -0.2) is 4.98 Å². The van der Waals surface area contributed by atoms with Gasteiger partial charge in [0.1, 0.15) is 11.6 Å². The molecule has 1 N–H and O–H groups in total. The lowest BCUT2D eigenvalue weighted by Crippen LogP contribution is -2.13. The maximum atomic E-state index is 12.0. The summed E-state index contributed by atoms with van der Waals surface area (Å²) in [4.78, 5) is 16.0. The molecular formula is C15H13N3O3S.